The highest BCUT2D eigenvalue weighted by Gasteiger charge is 2.22. The Morgan fingerprint density at radius 3 is 2.37 bits per heavy atom. The number of rotatable bonds is 4. The largest absolute Gasteiger partial charge is 0.350 e. The van der Waals surface area contributed by atoms with Crippen molar-refractivity contribution in [3.63, 3.8) is 0 Å². The van der Waals surface area contributed by atoms with Crippen molar-refractivity contribution >= 4 is 14.9 Å². The van der Waals surface area contributed by atoms with E-state index < -0.39 is 0 Å². The Kier molecular flexibility index (Phi) is 6.02. The number of hydrogen-bond donors (Lipinski definition) is 2. The molecule has 1 saturated carbocycles. The summed E-state index contributed by atoms with van der Waals surface area (Å²) in [6.45, 7) is 5.41. The van der Waals surface area contributed by atoms with E-state index in [0.29, 0.717) is 6.04 Å². The summed E-state index contributed by atoms with van der Waals surface area (Å²) >= 11 is 0. The third kappa shape index (κ3) is 5.35. The third-order valence-corrected chi connectivity index (χ3v) is 4.62. The lowest BCUT2D eigenvalue weighted by Gasteiger charge is -2.34. The number of nitrogens with two attached hydrogens (primary N) is 1. The Morgan fingerprint density at radius 2 is 1.79 bits per heavy atom. The lowest BCUT2D eigenvalue weighted by atomic mass is 9.84. The molecule has 0 bridgehead atoms. The molecule has 1 amide bonds. The van der Waals surface area contributed by atoms with Gasteiger partial charge in [-0.15, -0.1) is 0 Å². The monoisotopic (exact) mass is 286 g/mol. The summed E-state index contributed by atoms with van der Waals surface area (Å²) < 4.78 is 0. The Labute approximate surface area is 118 Å². The second-order valence-electron chi connectivity index (χ2n) is 5.89. The molecule has 2 fully saturated rings. The van der Waals surface area contributed by atoms with E-state index in [0.717, 1.165) is 44.9 Å². The summed E-state index contributed by atoms with van der Waals surface area (Å²) in [6, 6.07) is 0.405. The molecule has 1 aliphatic carbocycles. The van der Waals surface area contributed by atoms with Crippen LogP contribution in [0.5, 0.6) is 0 Å². The van der Waals surface area contributed by atoms with Crippen LogP contribution in [0, 0.1) is 5.92 Å². The normalized spacial score (nSPS) is 30.2. The molecule has 0 radical (unpaired) electrons. The third-order valence-electron chi connectivity index (χ3n) is 4.45. The van der Waals surface area contributed by atoms with Crippen molar-refractivity contribution in [2.45, 2.75) is 38.1 Å². The molecule has 1 atom stereocenters. The number of piperazine rings is 1. The maximum Gasteiger partial charge on any atom is 0.234 e. The Bertz CT molecular complexity index is 286. The van der Waals surface area contributed by atoms with E-state index in [1.807, 2.05) is 5.01 Å². The molecule has 0 spiro atoms. The van der Waals surface area contributed by atoms with Crippen molar-refractivity contribution in [1.82, 2.24) is 15.2 Å². The molecule has 5 nitrogen and oxygen atoms in total. The molecule has 1 aliphatic heterocycles. The van der Waals surface area contributed by atoms with E-state index in [1.165, 1.54) is 25.8 Å². The number of nitrogens with zero attached hydrogens (tertiary/aromatic N) is 2. The highest BCUT2D eigenvalue weighted by Crippen LogP contribution is 2.27. The molecule has 0 aromatic rings. The number of hydrogen-bond acceptors (Lipinski definition) is 4. The molecule has 2 aliphatic rings. The van der Waals surface area contributed by atoms with Crippen molar-refractivity contribution in [3.05, 3.63) is 0 Å². The Morgan fingerprint density at radius 1 is 1.16 bits per heavy atom. The minimum atomic E-state index is 0.0307. The molecule has 6 heteroatoms. The first kappa shape index (κ1) is 15.2. The van der Waals surface area contributed by atoms with Gasteiger partial charge in [-0.05, 0) is 53.8 Å². The van der Waals surface area contributed by atoms with Crippen LogP contribution in [-0.2, 0) is 0 Å². The first-order valence-corrected chi connectivity index (χ1v) is 7.99. The van der Waals surface area contributed by atoms with Crippen LogP contribution in [0.15, 0.2) is 0 Å². The summed E-state index contributed by atoms with van der Waals surface area (Å²) in [7, 11) is 2.20. The van der Waals surface area contributed by atoms with E-state index in [9.17, 15) is 4.79 Å². The van der Waals surface area contributed by atoms with Gasteiger partial charge in [0.05, 0.1) is 0 Å². The van der Waals surface area contributed by atoms with Crippen molar-refractivity contribution in [3.8, 4) is 0 Å². The van der Waals surface area contributed by atoms with Crippen molar-refractivity contribution in [2.75, 3.05) is 32.7 Å². The fourth-order valence-corrected chi connectivity index (χ4v) is 3.38. The molecule has 1 unspecified atom stereocenters. The van der Waals surface area contributed by atoms with E-state index in [2.05, 4.69) is 19.5 Å². The fourth-order valence-electron chi connectivity index (χ4n) is 3.15. The van der Waals surface area contributed by atoms with Crippen LogP contribution in [0.2, 0.25) is 0 Å². The maximum absolute atomic E-state index is 11.0. The molecular formula is C13H27N4OP. The minimum Gasteiger partial charge on any atom is -0.350 e. The summed E-state index contributed by atoms with van der Waals surface area (Å²) in [5.74, 6) is 6.60. The number of carbonyl (C=O) groups is 1. The molecule has 110 valence electrons. The van der Waals surface area contributed by atoms with E-state index >= 15 is 0 Å². The Hall–Kier alpha value is -0.220. The second kappa shape index (κ2) is 7.53. The van der Waals surface area contributed by atoms with Gasteiger partial charge in [0.15, 0.2) is 0 Å². The van der Waals surface area contributed by atoms with Crippen LogP contribution >= 0.6 is 9.24 Å². The second-order valence-corrected chi connectivity index (χ2v) is 6.42. The van der Waals surface area contributed by atoms with Gasteiger partial charge in [0.2, 0.25) is 5.65 Å². The first-order chi connectivity index (χ1) is 9.13. The summed E-state index contributed by atoms with van der Waals surface area (Å²) in [5, 5.41) is 4.92. The zero-order chi connectivity index (χ0) is 13.7. The molecule has 0 aromatic carbocycles. The van der Waals surface area contributed by atoms with Crippen LogP contribution in [0.1, 0.15) is 32.1 Å². The minimum absolute atomic E-state index is 0.0307. The predicted molar refractivity (Wildman–Crippen MR) is 80.8 cm³/mol. The van der Waals surface area contributed by atoms with Crippen LogP contribution in [-0.4, -0.2) is 54.3 Å². The molecule has 0 aromatic heterocycles. The number of carbonyl (C=O) groups excluding carboxylic acids is 1. The van der Waals surface area contributed by atoms with Crippen LogP contribution in [0.3, 0.4) is 0 Å². The van der Waals surface area contributed by atoms with E-state index in [1.54, 1.807) is 0 Å². The van der Waals surface area contributed by atoms with Crippen molar-refractivity contribution in [1.29, 1.82) is 0 Å². The molecule has 1 saturated heterocycles. The van der Waals surface area contributed by atoms with Crippen LogP contribution in [0.25, 0.3) is 0 Å². The highest BCUT2D eigenvalue weighted by atomic mass is 31.0. The van der Waals surface area contributed by atoms with Gasteiger partial charge < -0.3 is 10.2 Å². The van der Waals surface area contributed by atoms with Crippen molar-refractivity contribution in [2.24, 2.45) is 11.8 Å². The molecule has 3 N–H and O–H groups in total. The Balaban J connectivity index is 1.59. The standard InChI is InChI=1S/C13H27N4OP/c14-17-9-7-16(8-10-17)6-5-11-1-3-12(4-2-11)15-13(18)19/h11-12H,1-10,14,19H2,(H,15,18). The summed E-state index contributed by atoms with van der Waals surface area (Å²) in [4.78, 5) is 13.5. The van der Waals surface area contributed by atoms with Gasteiger partial charge in [-0.1, -0.05) is 0 Å². The van der Waals surface area contributed by atoms with Crippen molar-refractivity contribution < 1.29 is 4.79 Å². The lowest BCUT2D eigenvalue weighted by Crippen LogP contribution is -2.49. The predicted octanol–water partition coefficient (Wildman–Crippen LogP) is 1.01. The van der Waals surface area contributed by atoms with Gasteiger partial charge in [0.1, 0.15) is 0 Å². The molecule has 2 rings (SSSR count). The molecule has 1 heterocycles. The average Bonchev–Trinajstić information content (AvgIpc) is 2.39. The van der Waals surface area contributed by atoms with Crippen LogP contribution < -0.4 is 11.2 Å². The van der Waals surface area contributed by atoms with E-state index in [-0.39, 0.29) is 5.65 Å². The topological polar surface area (TPSA) is 61.6 Å². The zero-order valence-electron chi connectivity index (χ0n) is 11.7. The smallest absolute Gasteiger partial charge is 0.234 e. The zero-order valence-corrected chi connectivity index (χ0v) is 12.8. The van der Waals surface area contributed by atoms with E-state index in [4.69, 9.17) is 5.84 Å². The quantitative estimate of drug-likeness (QED) is 0.598. The maximum atomic E-state index is 11.0. The number of hydrazine groups is 1. The van der Waals surface area contributed by atoms with Gasteiger partial charge >= 0.3 is 0 Å². The fraction of sp³-hybridized carbons (Fsp3) is 0.923. The first-order valence-electron chi connectivity index (χ1n) is 7.41. The van der Waals surface area contributed by atoms with Gasteiger partial charge in [0, 0.05) is 32.2 Å². The van der Waals surface area contributed by atoms with Gasteiger partial charge in [-0.3, -0.25) is 10.6 Å². The SMILES string of the molecule is NN1CCN(CCC2CCC(NC(=O)P)CC2)CC1. The number of nitrogens with one attached hydrogen (secondary N) is 1. The van der Waals surface area contributed by atoms with Gasteiger partial charge in [-0.2, -0.15) is 0 Å². The van der Waals surface area contributed by atoms with Crippen LogP contribution in [0.4, 0.5) is 4.79 Å². The highest BCUT2D eigenvalue weighted by molar-refractivity contribution is 7.39. The summed E-state index contributed by atoms with van der Waals surface area (Å²) in [5.41, 5.74) is 0.0307. The lowest BCUT2D eigenvalue weighted by molar-refractivity contribution is 0.123. The number of amides is 1. The van der Waals surface area contributed by atoms with Gasteiger partial charge in [0.25, 0.3) is 0 Å². The molecular weight excluding hydrogens is 259 g/mol. The van der Waals surface area contributed by atoms with Gasteiger partial charge in [-0.25, -0.2) is 5.01 Å². The average molecular weight is 286 g/mol. The molecule has 19 heavy (non-hydrogen) atoms. The summed E-state index contributed by atoms with van der Waals surface area (Å²) in [6.07, 6.45) is 6.09.